The Morgan fingerprint density at radius 2 is 1.88 bits per heavy atom. The van der Waals surface area contributed by atoms with Gasteiger partial charge in [0.1, 0.15) is 13.2 Å². The van der Waals surface area contributed by atoms with Crippen LogP contribution in [-0.2, 0) is 0 Å². The van der Waals surface area contributed by atoms with E-state index in [-0.39, 0.29) is 11.6 Å². The standard InChI is InChI=1S/C17H13N3O4/c21-16(10-5-6-13-14(9-10)24-8-7-23-13)20-19-15-11-3-1-2-4-12(11)18-17(15)22/h1-6,9,18,22H,7-8H2. The van der Waals surface area contributed by atoms with E-state index in [9.17, 15) is 9.90 Å². The van der Waals surface area contributed by atoms with Gasteiger partial charge in [0.2, 0.25) is 5.88 Å². The van der Waals surface area contributed by atoms with Crippen LogP contribution in [0.2, 0.25) is 0 Å². The normalized spacial score (nSPS) is 13.5. The Balaban J connectivity index is 1.63. The number of hydrogen-bond donors (Lipinski definition) is 2. The van der Waals surface area contributed by atoms with E-state index in [1.165, 1.54) is 0 Å². The van der Waals surface area contributed by atoms with Crippen LogP contribution in [0.25, 0.3) is 10.9 Å². The Hall–Kier alpha value is -3.35. The lowest BCUT2D eigenvalue weighted by Crippen LogP contribution is -2.15. The van der Waals surface area contributed by atoms with Gasteiger partial charge in [-0.2, -0.15) is 0 Å². The van der Waals surface area contributed by atoms with Crippen molar-refractivity contribution in [1.29, 1.82) is 0 Å². The first-order valence-electron chi connectivity index (χ1n) is 7.38. The Morgan fingerprint density at radius 3 is 2.75 bits per heavy atom. The monoisotopic (exact) mass is 323 g/mol. The first kappa shape index (κ1) is 14.3. The second kappa shape index (κ2) is 5.69. The van der Waals surface area contributed by atoms with Crippen LogP contribution in [0.4, 0.5) is 5.69 Å². The molecule has 3 aromatic rings. The summed E-state index contributed by atoms with van der Waals surface area (Å²) in [7, 11) is 0. The fourth-order valence-electron chi connectivity index (χ4n) is 2.54. The van der Waals surface area contributed by atoms with Crippen LogP contribution < -0.4 is 9.47 Å². The molecule has 0 radical (unpaired) electrons. The highest BCUT2D eigenvalue weighted by atomic mass is 16.6. The van der Waals surface area contributed by atoms with Crippen molar-refractivity contribution < 1.29 is 19.4 Å². The van der Waals surface area contributed by atoms with Gasteiger partial charge in [0.15, 0.2) is 17.2 Å². The fourth-order valence-corrected chi connectivity index (χ4v) is 2.54. The minimum atomic E-state index is -0.531. The average molecular weight is 323 g/mol. The number of aromatic amines is 1. The Bertz CT molecular complexity index is 962. The minimum Gasteiger partial charge on any atom is -0.493 e. The number of aromatic nitrogens is 1. The van der Waals surface area contributed by atoms with Gasteiger partial charge in [0.25, 0.3) is 5.91 Å². The lowest BCUT2D eigenvalue weighted by molar-refractivity contribution is 0.0993. The van der Waals surface area contributed by atoms with Crippen molar-refractivity contribution in [2.24, 2.45) is 10.2 Å². The van der Waals surface area contributed by atoms with Gasteiger partial charge in [-0.3, -0.25) is 4.79 Å². The second-order valence-electron chi connectivity index (χ2n) is 5.23. The van der Waals surface area contributed by atoms with Crippen LogP contribution in [-0.4, -0.2) is 29.2 Å². The van der Waals surface area contributed by atoms with Crippen LogP contribution in [0.1, 0.15) is 10.4 Å². The molecule has 2 heterocycles. The molecule has 120 valence electrons. The number of benzene rings is 2. The van der Waals surface area contributed by atoms with E-state index in [0.29, 0.717) is 35.7 Å². The summed E-state index contributed by atoms with van der Waals surface area (Å²) in [6, 6.07) is 12.1. The van der Waals surface area contributed by atoms with Crippen LogP contribution in [0.5, 0.6) is 17.4 Å². The molecule has 0 fully saturated rings. The molecule has 7 heteroatoms. The van der Waals surface area contributed by atoms with E-state index in [1.54, 1.807) is 30.3 Å². The maximum absolute atomic E-state index is 12.2. The average Bonchev–Trinajstić information content (AvgIpc) is 2.94. The predicted octanol–water partition coefficient (Wildman–Crippen LogP) is 3.57. The molecule has 1 amide bonds. The maximum atomic E-state index is 12.2. The highest BCUT2D eigenvalue weighted by molar-refractivity contribution is 5.97. The van der Waals surface area contributed by atoms with Crippen LogP contribution >= 0.6 is 0 Å². The summed E-state index contributed by atoms with van der Waals surface area (Å²) in [5, 5.41) is 18.2. The number of aromatic hydroxyl groups is 1. The quantitative estimate of drug-likeness (QED) is 0.705. The molecule has 1 aromatic heterocycles. The zero-order chi connectivity index (χ0) is 16.5. The molecule has 1 aliphatic heterocycles. The van der Waals surface area contributed by atoms with Crippen molar-refractivity contribution in [1.82, 2.24) is 4.98 Å². The molecule has 0 saturated carbocycles. The van der Waals surface area contributed by atoms with Gasteiger partial charge >= 0.3 is 0 Å². The first-order chi connectivity index (χ1) is 11.7. The van der Waals surface area contributed by atoms with E-state index in [1.807, 2.05) is 12.1 Å². The topological polar surface area (TPSA) is 96.3 Å². The number of amides is 1. The third-order valence-electron chi connectivity index (χ3n) is 3.69. The fraction of sp³-hybridized carbons (Fsp3) is 0.118. The predicted molar refractivity (Wildman–Crippen MR) is 86.2 cm³/mol. The molecule has 0 atom stereocenters. The van der Waals surface area contributed by atoms with E-state index < -0.39 is 5.91 Å². The van der Waals surface area contributed by atoms with Crippen molar-refractivity contribution in [2.75, 3.05) is 13.2 Å². The molecule has 0 aliphatic carbocycles. The summed E-state index contributed by atoms with van der Waals surface area (Å²) >= 11 is 0. The highest BCUT2D eigenvalue weighted by Crippen LogP contribution is 2.35. The zero-order valence-corrected chi connectivity index (χ0v) is 12.5. The molecule has 24 heavy (non-hydrogen) atoms. The molecular weight excluding hydrogens is 310 g/mol. The van der Waals surface area contributed by atoms with Gasteiger partial charge in [-0.25, -0.2) is 0 Å². The number of nitrogens with zero attached hydrogens (tertiary/aromatic N) is 2. The third-order valence-corrected chi connectivity index (χ3v) is 3.69. The van der Waals surface area contributed by atoms with E-state index in [0.717, 1.165) is 5.52 Å². The number of hydrogen-bond acceptors (Lipinski definition) is 5. The van der Waals surface area contributed by atoms with Crippen molar-refractivity contribution in [3.05, 3.63) is 48.0 Å². The number of rotatable bonds is 2. The second-order valence-corrected chi connectivity index (χ2v) is 5.23. The summed E-state index contributed by atoms with van der Waals surface area (Å²) in [5.74, 6) is 0.452. The number of azo groups is 1. The van der Waals surface area contributed by atoms with Crippen molar-refractivity contribution >= 4 is 22.5 Å². The first-order valence-corrected chi connectivity index (χ1v) is 7.38. The molecule has 4 rings (SSSR count). The molecule has 2 aromatic carbocycles. The molecule has 0 bridgehead atoms. The Labute approximate surface area is 136 Å². The molecular formula is C17H13N3O4. The van der Waals surface area contributed by atoms with E-state index in [4.69, 9.17) is 9.47 Å². The summed E-state index contributed by atoms with van der Waals surface area (Å²) < 4.78 is 10.9. The summed E-state index contributed by atoms with van der Waals surface area (Å²) in [6.45, 7) is 0.926. The SMILES string of the molecule is O=C(N=Nc1c(O)[nH]c2ccccc12)c1ccc2c(c1)OCCO2. The lowest BCUT2D eigenvalue weighted by atomic mass is 10.2. The Morgan fingerprint density at radius 1 is 1.08 bits per heavy atom. The van der Waals surface area contributed by atoms with E-state index >= 15 is 0 Å². The van der Waals surface area contributed by atoms with Gasteiger partial charge in [-0.1, -0.05) is 18.2 Å². The number of H-pyrrole nitrogens is 1. The zero-order valence-electron chi connectivity index (χ0n) is 12.5. The number of ether oxygens (including phenoxy) is 2. The summed E-state index contributed by atoms with van der Waals surface area (Å²) in [5.41, 5.74) is 1.29. The van der Waals surface area contributed by atoms with Crippen LogP contribution in [0.15, 0.2) is 52.7 Å². The van der Waals surface area contributed by atoms with Gasteiger partial charge in [-0.15, -0.1) is 10.2 Å². The van der Waals surface area contributed by atoms with Gasteiger partial charge in [0, 0.05) is 10.9 Å². The number of fused-ring (bicyclic) bond motifs is 2. The molecule has 2 N–H and O–H groups in total. The van der Waals surface area contributed by atoms with Gasteiger partial charge in [0.05, 0.1) is 5.52 Å². The number of para-hydroxylation sites is 1. The number of nitrogens with one attached hydrogen (secondary N) is 1. The number of carbonyl (C=O) groups is 1. The maximum Gasteiger partial charge on any atom is 0.295 e. The summed E-state index contributed by atoms with van der Waals surface area (Å²) in [4.78, 5) is 15.0. The lowest BCUT2D eigenvalue weighted by Gasteiger charge is -2.18. The minimum absolute atomic E-state index is 0.130. The third kappa shape index (κ3) is 2.45. The smallest absolute Gasteiger partial charge is 0.295 e. The van der Waals surface area contributed by atoms with Crippen LogP contribution in [0, 0.1) is 0 Å². The van der Waals surface area contributed by atoms with Crippen molar-refractivity contribution in [3.63, 3.8) is 0 Å². The highest BCUT2D eigenvalue weighted by Gasteiger charge is 2.15. The summed E-state index contributed by atoms with van der Waals surface area (Å²) in [6.07, 6.45) is 0. The van der Waals surface area contributed by atoms with Gasteiger partial charge in [-0.05, 0) is 24.3 Å². The molecule has 0 unspecified atom stereocenters. The molecule has 0 saturated heterocycles. The molecule has 7 nitrogen and oxygen atoms in total. The van der Waals surface area contributed by atoms with Gasteiger partial charge < -0.3 is 19.6 Å². The molecule has 0 spiro atoms. The Kier molecular flexibility index (Phi) is 3.38. The van der Waals surface area contributed by atoms with Crippen molar-refractivity contribution in [3.8, 4) is 17.4 Å². The molecule has 1 aliphatic rings. The largest absolute Gasteiger partial charge is 0.493 e. The van der Waals surface area contributed by atoms with Crippen molar-refractivity contribution in [2.45, 2.75) is 0 Å². The van der Waals surface area contributed by atoms with E-state index in [2.05, 4.69) is 15.2 Å². The number of carbonyl (C=O) groups excluding carboxylic acids is 1. The van der Waals surface area contributed by atoms with Crippen LogP contribution in [0.3, 0.4) is 0 Å².